The van der Waals surface area contributed by atoms with Gasteiger partial charge in [0.25, 0.3) is 0 Å². The minimum atomic E-state index is -0.610. The van der Waals surface area contributed by atoms with E-state index in [1.165, 1.54) is 11.8 Å². The van der Waals surface area contributed by atoms with Gasteiger partial charge in [-0.25, -0.2) is 9.97 Å². The molecule has 2 aromatic heterocycles. The van der Waals surface area contributed by atoms with Crippen molar-refractivity contribution in [3.05, 3.63) is 46.7 Å². The lowest BCUT2D eigenvalue weighted by atomic mass is 9.83. The molecule has 0 aliphatic carbocycles. The minimum Gasteiger partial charge on any atom is -0.496 e. The van der Waals surface area contributed by atoms with Gasteiger partial charge in [-0.1, -0.05) is 12.1 Å². The Morgan fingerprint density at radius 3 is 2.72 bits per heavy atom. The summed E-state index contributed by atoms with van der Waals surface area (Å²) in [5.41, 5.74) is 4.08. The zero-order valence-corrected chi connectivity index (χ0v) is 22.5. The summed E-state index contributed by atoms with van der Waals surface area (Å²) in [6.07, 6.45) is 6.76. The van der Waals surface area contributed by atoms with Gasteiger partial charge in [-0.2, -0.15) is 0 Å². The SMILES string of the molecule is CN/C=C(\C=N)Nc1ncc2sc(C)c(-c3ccc(CN4CCC(C(C)(C)O)CC4)cc3OC)c2n1. The molecule has 36 heavy (non-hydrogen) atoms. The molecule has 0 bridgehead atoms. The maximum absolute atomic E-state index is 10.3. The number of anilines is 1. The van der Waals surface area contributed by atoms with Gasteiger partial charge < -0.3 is 25.9 Å². The highest BCUT2D eigenvalue weighted by molar-refractivity contribution is 7.19. The third-order valence-electron chi connectivity index (χ3n) is 6.85. The average molecular weight is 509 g/mol. The van der Waals surface area contributed by atoms with E-state index in [0.717, 1.165) is 64.4 Å². The monoisotopic (exact) mass is 508 g/mol. The molecular formula is C27H36N6O2S. The third-order valence-corrected chi connectivity index (χ3v) is 7.88. The predicted molar refractivity (Wildman–Crippen MR) is 148 cm³/mol. The molecule has 192 valence electrons. The molecule has 0 amide bonds. The lowest BCUT2D eigenvalue weighted by Gasteiger charge is -2.37. The number of hydrogen-bond acceptors (Lipinski definition) is 9. The lowest BCUT2D eigenvalue weighted by molar-refractivity contribution is -0.0136. The van der Waals surface area contributed by atoms with Crippen LogP contribution in [0.15, 0.2) is 36.3 Å². The van der Waals surface area contributed by atoms with Crippen molar-refractivity contribution in [3.63, 3.8) is 0 Å². The Morgan fingerprint density at radius 2 is 2.08 bits per heavy atom. The van der Waals surface area contributed by atoms with Gasteiger partial charge in [-0.15, -0.1) is 11.3 Å². The van der Waals surface area contributed by atoms with Crippen LogP contribution in [0.5, 0.6) is 5.75 Å². The fraction of sp³-hybridized carbons (Fsp3) is 0.444. The van der Waals surface area contributed by atoms with Crippen molar-refractivity contribution in [1.82, 2.24) is 20.2 Å². The summed E-state index contributed by atoms with van der Waals surface area (Å²) >= 11 is 1.66. The van der Waals surface area contributed by atoms with Crippen molar-refractivity contribution in [3.8, 4) is 16.9 Å². The molecule has 1 aliphatic heterocycles. The molecule has 4 N–H and O–H groups in total. The van der Waals surface area contributed by atoms with Crippen LogP contribution in [0.4, 0.5) is 5.95 Å². The number of aromatic nitrogens is 2. The van der Waals surface area contributed by atoms with E-state index in [1.807, 2.05) is 20.0 Å². The van der Waals surface area contributed by atoms with E-state index in [4.69, 9.17) is 15.1 Å². The van der Waals surface area contributed by atoms with E-state index in [0.29, 0.717) is 17.6 Å². The molecule has 0 atom stereocenters. The van der Waals surface area contributed by atoms with Crippen LogP contribution in [-0.4, -0.2) is 59.0 Å². The number of nitrogens with one attached hydrogen (secondary N) is 3. The zero-order chi connectivity index (χ0) is 25.9. The number of methoxy groups -OCH3 is 1. The Balaban J connectivity index is 1.60. The number of aryl methyl sites for hydroxylation is 1. The molecule has 0 radical (unpaired) electrons. The molecule has 3 heterocycles. The van der Waals surface area contributed by atoms with E-state index < -0.39 is 5.60 Å². The highest BCUT2D eigenvalue weighted by atomic mass is 32.1. The quantitative estimate of drug-likeness (QED) is 0.308. The summed E-state index contributed by atoms with van der Waals surface area (Å²) in [5, 5.41) is 23.9. The smallest absolute Gasteiger partial charge is 0.227 e. The molecule has 1 aliphatic rings. The summed E-state index contributed by atoms with van der Waals surface area (Å²) in [4.78, 5) is 12.8. The molecule has 1 aromatic carbocycles. The van der Waals surface area contributed by atoms with Crippen LogP contribution in [0.1, 0.15) is 37.1 Å². The molecular weight excluding hydrogens is 472 g/mol. The van der Waals surface area contributed by atoms with Gasteiger partial charge in [0.2, 0.25) is 5.95 Å². The highest BCUT2D eigenvalue weighted by Gasteiger charge is 2.30. The number of fused-ring (bicyclic) bond motifs is 1. The second-order valence-electron chi connectivity index (χ2n) is 9.84. The van der Waals surface area contributed by atoms with E-state index in [-0.39, 0.29) is 0 Å². The number of allylic oxidation sites excluding steroid dienone is 1. The van der Waals surface area contributed by atoms with Crippen molar-refractivity contribution >= 4 is 33.7 Å². The average Bonchev–Trinajstić information content (AvgIpc) is 3.18. The molecule has 1 saturated heterocycles. The Labute approximate surface area is 216 Å². The molecule has 1 fully saturated rings. The number of likely N-dealkylation sites (tertiary alicyclic amines) is 1. The van der Waals surface area contributed by atoms with Crippen molar-refractivity contribution in [2.24, 2.45) is 5.92 Å². The largest absolute Gasteiger partial charge is 0.496 e. The number of aliphatic hydroxyl groups is 1. The molecule has 3 aromatic rings. The maximum Gasteiger partial charge on any atom is 0.227 e. The number of thiophene rings is 1. The summed E-state index contributed by atoms with van der Waals surface area (Å²) in [6, 6.07) is 6.43. The number of rotatable bonds is 9. The standard InChI is InChI=1S/C27H36N6O2S/c1-17-24(25-23(36-17)15-30-26(32-25)31-20(13-28)14-29-4)21-7-6-18(12-22(21)35-5)16-33-10-8-19(9-11-33)27(2,3)34/h6-7,12-15,19,28-29,34H,8-11,16H2,1-5H3,(H,30,31,32)/b20-14+,28-13?. The van der Waals surface area contributed by atoms with Gasteiger partial charge in [-0.3, -0.25) is 4.90 Å². The topological polar surface area (TPSA) is 106 Å². The van der Waals surface area contributed by atoms with Crippen LogP contribution >= 0.6 is 11.3 Å². The first kappa shape index (κ1) is 26.1. The summed E-state index contributed by atoms with van der Waals surface area (Å²) in [5.74, 6) is 1.62. The van der Waals surface area contributed by atoms with Gasteiger partial charge in [0.15, 0.2) is 0 Å². The first-order valence-electron chi connectivity index (χ1n) is 12.3. The zero-order valence-electron chi connectivity index (χ0n) is 21.7. The Morgan fingerprint density at radius 1 is 1.33 bits per heavy atom. The highest BCUT2D eigenvalue weighted by Crippen LogP contribution is 2.42. The van der Waals surface area contributed by atoms with E-state index in [9.17, 15) is 5.11 Å². The van der Waals surface area contributed by atoms with Gasteiger partial charge in [-0.05, 0) is 64.3 Å². The first-order chi connectivity index (χ1) is 17.2. The molecule has 0 spiro atoms. The molecule has 9 heteroatoms. The van der Waals surface area contributed by atoms with Gasteiger partial charge in [0.1, 0.15) is 5.75 Å². The van der Waals surface area contributed by atoms with Crippen molar-refractivity contribution in [2.75, 3.05) is 32.6 Å². The van der Waals surface area contributed by atoms with E-state index in [2.05, 4.69) is 45.6 Å². The number of ether oxygens (including phenoxy) is 1. The van der Waals surface area contributed by atoms with E-state index in [1.54, 1.807) is 31.7 Å². The summed E-state index contributed by atoms with van der Waals surface area (Å²) in [6.45, 7) is 8.77. The maximum atomic E-state index is 10.3. The van der Waals surface area contributed by atoms with Crippen molar-refractivity contribution < 1.29 is 9.84 Å². The number of nitrogens with zero attached hydrogens (tertiary/aromatic N) is 3. The van der Waals surface area contributed by atoms with E-state index >= 15 is 0 Å². The second-order valence-corrected chi connectivity index (χ2v) is 11.1. The Kier molecular flexibility index (Phi) is 7.92. The molecule has 8 nitrogen and oxygen atoms in total. The van der Waals surface area contributed by atoms with Crippen LogP contribution in [-0.2, 0) is 6.54 Å². The van der Waals surface area contributed by atoms with Crippen LogP contribution in [0.25, 0.3) is 21.3 Å². The van der Waals surface area contributed by atoms with Gasteiger partial charge >= 0.3 is 0 Å². The molecule has 0 unspecified atom stereocenters. The minimum absolute atomic E-state index is 0.352. The fourth-order valence-electron chi connectivity index (χ4n) is 4.88. The van der Waals surface area contributed by atoms with Gasteiger partial charge in [0, 0.05) is 42.0 Å². The molecule has 0 saturated carbocycles. The van der Waals surface area contributed by atoms with Crippen LogP contribution in [0, 0.1) is 18.3 Å². The van der Waals surface area contributed by atoms with Crippen molar-refractivity contribution in [1.29, 1.82) is 5.41 Å². The lowest BCUT2D eigenvalue weighted by Crippen LogP contribution is -2.41. The Bertz CT molecular complexity index is 1260. The number of piperidine rings is 1. The van der Waals surface area contributed by atoms with Gasteiger partial charge in [0.05, 0.1) is 34.8 Å². The predicted octanol–water partition coefficient (Wildman–Crippen LogP) is 4.78. The normalized spacial score (nSPS) is 15.8. The first-order valence-corrected chi connectivity index (χ1v) is 13.1. The van der Waals surface area contributed by atoms with Crippen molar-refractivity contribution in [2.45, 2.75) is 45.8 Å². The second kappa shape index (κ2) is 10.9. The fourth-order valence-corrected chi connectivity index (χ4v) is 5.87. The summed E-state index contributed by atoms with van der Waals surface area (Å²) < 4.78 is 6.86. The molecule has 4 rings (SSSR count). The van der Waals surface area contributed by atoms with Crippen LogP contribution in [0.2, 0.25) is 0 Å². The third kappa shape index (κ3) is 5.69. The Hall–Kier alpha value is -3.01. The van der Waals surface area contributed by atoms with Crippen LogP contribution < -0.4 is 15.4 Å². The number of hydrogen-bond donors (Lipinski definition) is 4. The van der Waals surface area contributed by atoms with Crippen LogP contribution in [0.3, 0.4) is 0 Å². The number of benzene rings is 1. The summed E-state index contributed by atoms with van der Waals surface area (Å²) in [7, 11) is 3.49.